The molecule has 1 saturated heterocycles. The Hall–Kier alpha value is -2.61. The number of amides is 1. The van der Waals surface area contributed by atoms with Crippen molar-refractivity contribution in [3.63, 3.8) is 0 Å². The minimum Gasteiger partial charge on any atom is -0.489 e. The lowest BCUT2D eigenvalue weighted by atomic mass is 9.98. The molecule has 0 radical (unpaired) electrons. The van der Waals surface area contributed by atoms with Crippen molar-refractivity contribution in [2.45, 2.75) is 32.2 Å². The van der Waals surface area contributed by atoms with Crippen molar-refractivity contribution in [3.8, 4) is 5.75 Å². The van der Waals surface area contributed by atoms with Gasteiger partial charge in [0.05, 0.1) is 11.5 Å². The van der Waals surface area contributed by atoms with Crippen molar-refractivity contribution in [1.82, 2.24) is 10.2 Å². The first kappa shape index (κ1) is 21.6. The summed E-state index contributed by atoms with van der Waals surface area (Å²) in [7, 11) is 0. The number of alkyl halides is 3. The zero-order valence-electron chi connectivity index (χ0n) is 16.9. The Balaban J connectivity index is 1.25. The predicted molar refractivity (Wildman–Crippen MR) is 107 cm³/mol. The first-order valence-electron chi connectivity index (χ1n) is 10.4. The second-order valence-corrected chi connectivity index (χ2v) is 8.32. The van der Waals surface area contributed by atoms with E-state index in [4.69, 9.17) is 4.74 Å². The predicted octanol–water partition coefficient (Wildman–Crippen LogP) is 4.38. The molecule has 2 aliphatic rings. The number of nitrogens with one attached hydrogen (secondary N) is 1. The summed E-state index contributed by atoms with van der Waals surface area (Å²) in [6, 6.07) is 9.31. The Morgan fingerprint density at radius 3 is 2.58 bits per heavy atom. The van der Waals surface area contributed by atoms with Gasteiger partial charge in [-0.15, -0.1) is 0 Å². The first-order chi connectivity index (χ1) is 14.8. The lowest BCUT2D eigenvalue weighted by Gasteiger charge is -2.38. The number of likely N-dealkylation sites (tertiary alicyclic amines) is 1. The van der Waals surface area contributed by atoms with Crippen molar-refractivity contribution >= 4 is 5.91 Å². The van der Waals surface area contributed by atoms with Crippen LogP contribution in [0.3, 0.4) is 0 Å². The van der Waals surface area contributed by atoms with Crippen molar-refractivity contribution < 1.29 is 27.1 Å². The number of nitrogens with zero attached hydrogens (tertiary/aromatic N) is 1. The van der Waals surface area contributed by atoms with Gasteiger partial charge < -0.3 is 10.1 Å². The van der Waals surface area contributed by atoms with E-state index in [0.29, 0.717) is 36.7 Å². The molecule has 0 atom stereocenters. The van der Waals surface area contributed by atoms with Crippen LogP contribution < -0.4 is 10.1 Å². The summed E-state index contributed by atoms with van der Waals surface area (Å²) in [5.41, 5.74) is 0.0957. The second-order valence-electron chi connectivity index (χ2n) is 8.32. The summed E-state index contributed by atoms with van der Waals surface area (Å²) in [6.45, 7) is 2.26. The van der Waals surface area contributed by atoms with Crippen LogP contribution in [0.25, 0.3) is 0 Å². The Labute approximate surface area is 178 Å². The molecule has 8 heteroatoms. The van der Waals surface area contributed by atoms with E-state index < -0.39 is 17.6 Å². The van der Waals surface area contributed by atoms with Crippen LogP contribution in [-0.2, 0) is 24.1 Å². The summed E-state index contributed by atoms with van der Waals surface area (Å²) >= 11 is 0. The first-order valence-corrected chi connectivity index (χ1v) is 10.4. The van der Waals surface area contributed by atoms with Crippen molar-refractivity contribution in [1.29, 1.82) is 0 Å². The van der Waals surface area contributed by atoms with E-state index in [1.807, 2.05) is 4.90 Å². The highest BCUT2D eigenvalue weighted by Gasteiger charge is 2.34. The van der Waals surface area contributed by atoms with Crippen molar-refractivity contribution in [2.24, 2.45) is 11.8 Å². The molecule has 1 amide bonds. The van der Waals surface area contributed by atoms with Gasteiger partial charge in [0.15, 0.2) is 0 Å². The van der Waals surface area contributed by atoms with Crippen LogP contribution in [-0.4, -0.2) is 30.4 Å². The van der Waals surface area contributed by atoms with Gasteiger partial charge in [0, 0.05) is 37.8 Å². The average molecular weight is 436 g/mol. The zero-order valence-corrected chi connectivity index (χ0v) is 16.9. The molecular weight excluding hydrogens is 412 g/mol. The molecule has 1 aliphatic carbocycles. The highest BCUT2D eigenvalue weighted by Crippen LogP contribution is 2.30. The van der Waals surface area contributed by atoms with Crippen LogP contribution in [0.1, 0.15) is 29.5 Å². The summed E-state index contributed by atoms with van der Waals surface area (Å²) in [5.74, 6) is 0.477. The lowest BCUT2D eigenvalue weighted by molar-refractivity contribution is -0.137. The van der Waals surface area contributed by atoms with Crippen LogP contribution in [0, 0.1) is 17.7 Å². The van der Waals surface area contributed by atoms with Gasteiger partial charge in [-0.2, -0.15) is 13.2 Å². The van der Waals surface area contributed by atoms with Crippen LogP contribution >= 0.6 is 0 Å². The highest BCUT2D eigenvalue weighted by atomic mass is 19.4. The fourth-order valence-electron chi connectivity index (χ4n) is 3.57. The van der Waals surface area contributed by atoms with Gasteiger partial charge in [0.2, 0.25) is 5.91 Å². The molecule has 1 N–H and O–H groups in total. The number of carbonyl (C=O) groups excluding carboxylic acids is 1. The molecule has 2 aromatic carbocycles. The van der Waals surface area contributed by atoms with Crippen LogP contribution in [0.4, 0.5) is 17.6 Å². The topological polar surface area (TPSA) is 41.6 Å². The minimum atomic E-state index is -4.42. The third-order valence-corrected chi connectivity index (χ3v) is 5.67. The number of carbonyl (C=O) groups is 1. The number of halogens is 4. The van der Waals surface area contributed by atoms with E-state index in [0.717, 1.165) is 18.7 Å². The molecular formula is C23H24F4N2O2. The highest BCUT2D eigenvalue weighted by molar-refractivity contribution is 5.80. The molecule has 1 saturated carbocycles. The third-order valence-electron chi connectivity index (χ3n) is 5.67. The molecule has 2 aromatic rings. The molecule has 0 spiro atoms. The zero-order chi connectivity index (χ0) is 22.0. The quantitative estimate of drug-likeness (QED) is 0.625. The van der Waals surface area contributed by atoms with E-state index in [9.17, 15) is 22.4 Å². The molecule has 0 aromatic heterocycles. The van der Waals surface area contributed by atoms with Gasteiger partial charge in [0.25, 0.3) is 0 Å². The molecule has 1 heterocycles. The van der Waals surface area contributed by atoms with Crippen LogP contribution in [0.15, 0.2) is 42.5 Å². The molecule has 31 heavy (non-hydrogen) atoms. The molecule has 4 rings (SSSR count). The molecule has 4 nitrogen and oxygen atoms in total. The number of rotatable bonds is 8. The monoisotopic (exact) mass is 436 g/mol. The van der Waals surface area contributed by atoms with Gasteiger partial charge in [-0.25, -0.2) is 4.39 Å². The molecule has 1 aliphatic heterocycles. The Morgan fingerprint density at radius 2 is 1.90 bits per heavy atom. The van der Waals surface area contributed by atoms with Crippen molar-refractivity contribution in [2.75, 3.05) is 19.6 Å². The number of hydrogen-bond acceptors (Lipinski definition) is 3. The number of hydrogen-bond donors (Lipinski definition) is 1. The fraction of sp³-hybridized carbons (Fsp3) is 0.435. The molecule has 2 fully saturated rings. The standard InChI is InChI=1S/C23H24F4N2O2/c24-21-9-20(31-14-16-2-1-3-19(8-16)23(25,26)27)7-6-17(21)11-29-12-18(13-29)22(30)28-10-15-4-5-15/h1-3,6-9,15,18H,4-5,10-14H2,(H,28,30). The van der Waals surface area contributed by atoms with Gasteiger partial charge >= 0.3 is 6.18 Å². The fourth-order valence-corrected chi connectivity index (χ4v) is 3.57. The molecule has 166 valence electrons. The van der Waals surface area contributed by atoms with Crippen molar-refractivity contribution in [3.05, 3.63) is 65.0 Å². The van der Waals surface area contributed by atoms with E-state index in [2.05, 4.69) is 5.32 Å². The maximum absolute atomic E-state index is 14.5. The van der Waals surface area contributed by atoms with Gasteiger partial charge in [-0.1, -0.05) is 18.2 Å². The molecule has 0 unspecified atom stereocenters. The van der Waals surface area contributed by atoms with E-state index >= 15 is 0 Å². The lowest BCUT2D eigenvalue weighted by Crippen LogP contribution is -2.53. The normalized spacial score (nSPS) is 17.3. The summed E-state index contributed by atoms with van der Waals surface area (Å²) in [6.07, 6.45) is -2.04. The summed E-state index contributed by atoms with van der Waals surface area (Å²) < 4.78 is 58.3. The summed E-state index contributed by atoms with van der Waals surface area (Å²) in [4.78, 5) is 14.0. The Morgan fingerprint density at radius 1 is 1.13 bits per heavy atom. The van der Waals surface area contributed by atoms with E-state index in [1.165, 1.54) is 31.0 Å². The average Bonchev–Trinajstić information content (AvgIpc) is 3.52. The molecule has 0 bridgehead atoms. The Kier molecular flexibility index (Phi) is 6.18. The minimum absolute atomic E-state index is 0.0446. The SMILES string of the molecule is O=C(NCC1CC1)C1CN(Cc2ccc(OCc3cccc(C(F)(F)F)c3)cc2F)C1. The Bertz CT molecular complexity index is 937. The third kappa shape index (κ3) is 5.76. The maximum atomic E-state index is 14.5. The maximum Gasteiger partial charge on any atom is 0.416 e. The van der Waals surface area contributed by atoms with Gasteiger partial charge in [-0.05, 0) is 42.5 Å². The van der Waals surface area contributed by atoms with Gasteiger partial charge in [-0.3, -0.25) is 9.69 Å². The van der Waals surface area contributed by atoms with Crippen LogP contribution in [0.5, 0.6) is 5.75 Å². The summed E-state index contributed by atoms with van der Waals surface area (Å²) in [5, 5.41) is 2.97. The number of benzene rings is 2. The number of ether oxygens (including phenoxy) is 1. The smallest absolute Gasteiger partial charge is 0.416 e. The van der Waals surface area contributed by atoms with E-state index in [-0.39, 0.29) is 24.2 Å². The van der Waals surface area contributed by atoms with Crippen LogP contribution in [0.2, 0.25) is 0 Å². The second kappa shape index (κ2) is 8.86. The van der Waals surface area contributed by atoms with Gasteiger partial charge in [0.1, 0.15) is 18.2 Å². The van der Waals surface area contributed by atoms with E-state index in [1.54, 1.807) is 12.1 Å². The largest absolute Gasteiger partial charge is 0.489 e.